The number of amides is 1. The van der Waals surface area contributed by atoms with Gasteiger partial charge in [0.25, 0.3) is 5.91 Å². The minimum atomic E-state index is -0.255. The van der Waals surface area contributed by atoms with Crippen LogP contribution in [0.4, 0.5) is 10.1 Å². The number of carbonyl (C=O) groups is 1. The van der Waals surface area contributed by atoms with Crippen LogP contribution in [-0.2, 0) is 5.75 Å². The Balaban J connectivity index is 1.15. The SMILES string of the molecule is O=C(c1csc(CSc2nnc(-c3ccco3)n2-c2ccc(Cl)cc2Cl)n1)N1CCN(c2ccccc2F)CC1. The molecular weight excluding hydrogens is 594 g/mol. The molecule has 1 aliphatic heterocycles. The molecule has 5 aromatic rings. The number of anilines is 1. The quantitative estimate of drug-likeness (QED) is 0.189. The number of piperazine rings is 1. The molecule has 1 aliphatic rings. The first-order valence-corrected chi connectivity index (χ1v) is 14.9. The molecule has 13 heteroatoms. The second-order valence-electron chi connectivity index (χ2n) is 8.86. The highest BCUT2D eigenvalue weighted by atomic mass is 35.5. The third-order valence-electron chi connectivity index (χ3n) is 6.38. The molecule has 0 spiro atoms. The van der Waals surface area contributed by atoms with Crippen LogP contribution in [0, 0.1) is 5.82 Å². The van der Waals surface area contributed by atoms with E-state index >= 15 is 0 Å². The van der Waals surface area contributed by atoms with Gasteiger partial charge in [-0.15, -0.1) is 21.5 Å². The number of aromatic nitrogens is 4. The Hall–Kier alpha value is -3.38. The van der Waals surface area contributed by atoms with Crippen molar-refractivity contribution in [1.29, 1.82) is 0 Å². The van der Waals surface area contributed by atoms with Crippen molar-refractivity contribution in [2.45, 2.75) is 10.9 Å². The maximum Gasteiger partial charge on any atom is 0.273 e. The van der Waals surface area contributed by atoms with Crippen molar-refractivity contribution in [3.8, 4) is 17.3 Å². The molecule has 8 nitrogen and oxygen atoms in total. The van der Waals surface area contributed by atoms with E-state index in [1.54, 1.807) is 59.0 Å². The lowest BCUT2D eigenvalue weighted by atomic mass is 10.2. The normalized spacial score (nSPS) is 13.7. The summed E-state index contributed by atoms with van der Waals surface area (Å²) < 4.78 is 21.6. The predicted octanol–water partition coefficient (Wildman–Crippen LogP) is 6.68. The van der Waals surface area contributed by atoms with Crippen LogP contribution in [0.15, 0.2) is 75.8 Å². The highest BCUT2D eigenvalue weighted by Crippen LogP contribution is 2.34. The standard InChI is InChI=1S/C27H21Cl2FN6O2S2/c28-17-7-8-21(18(29)14-17)36-25(23-6-3-13-38-23)32-33-27(36)40-16-24-31-20(15-39-24)26(37)35-11-9-34(10-12-35)22-5-2-1-4-19(22)30/h1-8,13-15H,9-12,16H2. The summed E-state index contributed by atoms with van der Waals surface area (Å²) in [5, 5.41) is 12.8. The Morgan fingerprint density at radius 1 is 1.02 bits per heavy atom. The number of carbonyl (C=O) groups excluding carboxylic acids is 1. The fourth-order valence-corrected chi connectivity index (χ4v) is 6.65. The Labute approximate surface area is 247 Å². The summed E-state index contributed by atoms with van der Waals surface area (Å²) in [7, 11) is 0. The zero-order valence-corrected chi connectivity index (χ0v) is 24.0. The minimum Gasteiger partial charge on any atom is -0.461 e. The lowest BCUT2D eigenvalue weighted by Crippen LogP contribution is -2.49. The molecule has 0 N–H and O–H groups in total. The van der Waals surface area contributed by atoms with Crippen LogP contribution in [0.5, 0.6) is 0 Å². The van der Waals surface area contributed by atoms with E-state index < -0.39 is 0 Å². The van der Waals surface area contributed by atoms with Gasteiger partial charge >= 0.3 is 0 Å². The van der Waals surface area contributed by atoms with Crippen LogP contribution in [0.1, 0.15) is 15.5 Å². The Kier molecular flexibility index (Phi) is 7.79. The first kappa shape index (κ1) is 26.8. The van der Waals surface area contributed by atoms with E-state index in [0.29, 0.717) is 75.8 Å². The summed E-state index contributed by atoms with van der Waals surface area (Å²) in [6.45, 7) is 2.10. The number of hydrogen-bond donors (Lipinski definition) is 0. The summed E-state index contributed by atoms with van der Waals surface area (Å²) >= 11 is 15.5. The molecule has 2 aromatic carbocycles. The molecule has 3 aromatic heterocycles. The molecular formula is C27H21Cl2FN6O2S2. The van der Waals surface area contributed by atoms with Crippen LogP contribution in [0.3, 0.4) is 0 Å². The van der Waals surface area contributed by atoms with Crippen molar-refractivity contribution in [1.82, 2.24) is 24.6 Å². The zero-order chi connectivity index (χ0) is 27.6. The molecule has 1 amide bonds. The number of nitrogens with zero attached hydrogens (tertiary/aromatic N) is 6. The molecule has 0 saturated carbocycles. The van der Waals surface area contributed by atoms with Crippen molar-refractivity contribution in [3.05, 3.63) is 92.8 Å². The van der Waals surface area contributed by atoms with Crippen LogP contribution < -0.4 is 4.90 Å². The summed E-state index contributed by atoms with van der Waals surface area (Å²) in [6, 6.07) is 15.5. The van der Waals surface area contributed by atoms with Crippen molar-refractivity contribution >= 4 is 57.9 Å². The van der Waals surface area contributed by atoms with Crippen molar-refractivity contribution in [3.63, 3.8) is 0 Å². The minimum absolute atomic E-state index is 0.128. The van der Waals surface area contributed by atoms with E-state index in [2.05, 4.69) is 15.2 Å². The fraction of sp³-hybridized carbons (Fsp3) is 0.185. The van der Waals surface area contributed by atoms with Crippen LogP contribution in [-0.4, -0.2) is 56.7 Å². The van der Waals surface area contributed by atoms with E-state index in [0.717, 1.165) is 5.01 Å². The van der Waals surface area contributed by atoms with E-state index in [9.17, 15) is 9.18 Å². The maximum atomic E-state index is 14.2. The topological polar surface area (TPSA) is 80.3 Å². The average Bonchev–Trinajstić information content (AvgIpc) is 3.73. The third-order valence-corrected chi connectivity index (χ3v) is 8.89. The molecule has 1 fully saturated rings. The fourth-order valence-electron chi connectivity index (χ4n) is 4.43. The monoisotopic (exact) mass is 614 g/mol. The molecule has 0 atom stereocenters. The third kappa shape index (κ3) is 5.46. The second kappa shape index (κ2) is 11.6. The average molecular weight is 616 g/mol. The first-order valence-electron chi connectivity index (χ1n) is 12.3. The summed E-state index contributed by atoms with van der Waals surface area (Å²) in [6.07, 6.45) is 1.57. The molecule has 1 saturated heterocycles. The van der Waals surface area contributed by atoms with Crippen molar-refractivity contribution in [2.75, 3.05) is 31.1 Å². The van der Waals surface area contributed by atoms with Crippen molar-refractivity contribution < 1.29 is 13.6 Å². The van der Waals surface area contributed by atoms with Gasteiger partial charge in [0.2, 0.25) is 5.82 Å². The molecule has 0 aliphatic carbocycles. The van der Waals surface area contributed by atoms with Gasteiger partial charge in [0.1, 0.15) is 16.5 Å². The largest absolute Gasteiger partial charge is 0.461 e. The second-order valence-corrected chi connectivity index (χ2v) is 11.6. The predicted molar refractivity (Wildman–Crippen MR) is 155 cm³/mol. The van der Waals surface area contributed by atoms with Gasteiger partial charge in [-0.3, -0.25) is 9.36 Å². The van der Waals surface area contributed by atoms with E-state index in [1.165, 1.54) is 29.2 Å². The first-order chi connectivity index (χ1) is 19.5. The summed E-state index contributed by atoms with van der Waals surface area (Å²) in [5.41, 5.74) is 1.62. The Morgan fingerprint density at radius 2 is 1.85 bits per heavy atom. The van der Waals surface area contributed by atoms with Gasteiger partial charge in [-0.25, -0.2) is 9.37 Å². The van der Waals surface area contributed by atoms with E-state index in [-0.39, 0.29) is 11.7 Å². The summed E-state index contributed by atoms with van der Waals surface area (Å²) in [5.74, 6) is 1.13. The van der Waals surface area contributed by atoms with Gasteiger partial charge in [-0.2, -0.15) is 0 Å². The maximum absolute atomic E-state index is 14.2. The van der Waals surface area contributed by atoms with Crippen LogP contribution >= 0.6 is 46.3 Å². The smallest absolute Gasteiger partial charge is 0.273 e. The lowest BCUT2D eigenvalue weighted by Gasteiger charge is -2.35. The number of para-hydroxylation sites is 1. The number of rotatable bonds is 7. The molecule has 0 radical (unpaired) electrons. The molecule has 6 rings (SSSR count). The Morgan fingerprint density at radius 3 is 2.60 bits per heavy atom. The molecule has 4 heterocycles. The number of furan rings is 1. The van der Waals surface area contributed by atoms with Gasteiger partial charge < -0.3 is 14.2 Å². The van der Waals surface area contributed by atoms with Crippen LogP contribution in [0.2, 0.25) is 10.0 Å². The number of thioether (sulfide) groups is 1. The Bertz CT molecular complexity index is 1650. The lowest BCUT2D eigenvalue weighted by molar-refractivity contribution is 0.0741. The number of hydrogen-bond acceptors (Lipinski definition) is 8. The highest BCUT2D eigenvalue weighted by molar-refractivity contribution is 7.98. The van der Waals surface area contributed by atoms with E-state index in [4.69, 9.17) is 27.6 Å². The van der Waals surface area contributed by atoms with Crippen molar-refractivity contribution in [2.24, 2.45) is 0 Å². The zero-order valence-electron chi connectivity index (χ0n) is 20.8. The molecule has 204 valence electrons. The highest BCUT2D eigenvalue weighted by Gasteiger charge is 2.26. The van der Waals surface area contributed by atoms with Gasteiger partial charge in [0.05, 0.1) is 28.4 Å². The number of halogens is 3. The molecule has 0 unspecified atom stereocenters. The van der Waals surface area contributed by atoms with E-state index in [1.807, 2.05) is 15.5 Å². The number of benzene rings is 2. The summed E-state index contributed by atoms with van der Waals surface area (Å²) in [4.78, 5) is 21.5. The van der Waals surface area contributed by atoms with Gasteiger partial charge in [0.15, 0.2) is 10.9 Å². The van der Waals surface area contributed by atoms with Crippen LogP contribution in [0.25, 0.3) is 17.3 Å². The van der Waals surface area contributed by atoms with Gasteiger partial charge in [-0.1, -0.05) is 47.1 Å². The van der Waals surface area contributed by atoms with Gasteiger partial charge in [-0.05, 0) is 42.5 Å². The number of thiazole rings is 1. The molecule has 40 heavy (non-hydrogen) atoms. The van der Waals surface area contributed by atoms with Gasteiger partial charge in [0, 0.05) is 36.6 Å². The molecule has 0 bridgehead atoms.